The van der Waals surface area contributed by atoms with E-state index >= 15 is 0 Å². The topological polar surface area (TPSA) is 74.6 Å². The highest BCUT2D eigenvalue weighted by molar-refractivity contribution is 5.91. The summed E-state index contributed by atoms with van der Waals surface area (Å²) in [6, 6.07) is 0. The molecule has 4 nitrogen and oxygen atoms in total. The molecule has 0 aliphatic heterocycles. The summed E-state index contributed by atoms with van der Waals surface area (Å²) < 4.78 is 0. The lowest BCUT2D eigenvalue weighted by Crippen LogP contribution is -2.58. The van der Waals surface area contributed by atoms with Crippen molar-refractivity contribution in [3.05, 3.63) is 11.6 Å². The van der Waals surface area contributed by atoms with E-state index in [0.717, 1.165) is 38.5 Å². The van der Waals surface area contributed by atoms with Gasteiger partial charge in [-0.05, 0) is 74.2 Å². The second-order valence-electron chi connectivity index (χ2n) is 9.41. The summed E-state index contributed by atoms with van der Waals surface area (Å²) in [6.45, 7) is 3.84. The number of Topliss-reactive ketones (excluding diaryl/α,β-unsaturated/α-hetero) is 1. The van der Waals surface area contributed by atoms with Crippen LogP contribution in [0.2, 0.25) is 0 Å². The molecule has 3 fully saturated rings. The SMILES string of the molecule is CC12CC[C@H]3[C@@H](CCC4=CC(=O)CC[C@@]43C)[C@@H]1CC[C@]2(O)C(=O)CO. The summed E-state index contributed by atoms with van der Waals surface area (Å²) in [5.41, 5.74) is -0.333. The molecule has 4 heteroatoms. The standard InChI is InChI=1S/C21H30O4/c1-19-8-5-14(23)11-13(19)3-4-15-16(19)6-9-20(2)17(15)7-10-21(20,25)18(24)12-22/h11,15-17,22,25H,3-10,12H2,1-2H3/t15-,16+,17+,19+,20?,21+/m1/s1. The maximum atomic E-state index is 12.3. The smallest absolute Gasteiger partial charge is 0.190 e. The first-order valence-corrected chi connectivity index (χ1v) is 9.87. The Morgan fingerprint density at radius 3 is 2.56 bits per heavy atom. The predicted molar refractivity (Wildman–Crippen MR) is 93.8 cm³/mol. The van der Waals surface area contributed by atoms with Gasteiger partial charge in [-0.25, -0.2) is 0 Å². The number of rotatable bonds is 2. The third-order valence-corrected chi connectivity index (χ3v) is 8.72. The minimum atomic E-state index is -1.36. The van der Waals surface area contributed by atoms with E-state index < -0.39 is 23.4 Å². The molecule has 0 aromatic heterocycles. The van der Waals surface area contributed by atoms with Crippen LogP contribution in [0.3, 0.4) is 0 Å². The number of hydrogen-bond acceptors (Lipinski definition) is 4. The van der Waals surface area contributed by atoms with E-state index in [4.69, 9.17) is 0 Å². The molecule has 0 saturated heterocycles. The number of fused-ring (bicyclic) bond motifs is 5. The Bertz CT molecular complexity index is 652. The second kappa shape index (κ2) is 5.50. The first kappa shape index (κ1) is 17.4. The van der Waals surface area contributed by atoms with Gasteiger partial charge in [0.15, 0.2) is 11.6 Å². The lowest BCUT2D eigenvalue weighted by Gasteiger charge is -2.58. The Kier molecular flexibility index (Phi) is 3.83. The molecule has 0 amide bonds. The van der Waals surface area contributed by atoms with E-state index in [2.05, 4.69) is 13.8 Å². The predicted octanol–water partition coefficient (Wildman–Crippen LogP) is 2.81. The van der Waals surface area contributed by atoms with E-state index in [1.54, 1.807) is 0 Å². The summed E-state index contributed by atoms with van der Waals surface area (Å²) in [5, 5.41) is 20.5. The van der Waals surface area contributed by atoms with Gasteiger partial charge in [0, 0.05) is 11.8 Å². The van der Waals surface area contributed by atoms with Gasteiger partial charge in [-0.2, -0.15) is 0 Å². The molecule has 6 atom stereocenters. The van der Waals surface area contributed by atoms with Crippen LogP contribution >= 0.6 is 0 Å². The highest BCUT2D eigenvalue weighted by Gasteiger charge is 2.65. The number of hydrogen-bond donors (Lipinski definition) is 2. The maximum absolute atomic E-state index is 12.3. The first-order chi connectivity index (χ1) is 11.8. The fourth-order valence-corrected chi connectivity index (χ4v) is 7.16. The van der Waals surface area contributed by atoms with Crippen molar-refractivity contribution in [1.82, 2.24) is 0 Å². The van der Waals surface area contributed by atoms with Crippen molar-refractivity contribution in [2.45, 2.75) is 70.8 Å². The quantitative estimate of drug-likeness (QED) is 0.806. The van der Waals surface area contributed by atoms with E-state index in [1.807, 2.05) is 6.08 Å². The normalized spacial score (nSPS) is 49.0. The first-order valence-electron chi connectivity index (χ1n) is 9.87. The Morgan fingerprint density at radius 2 is 1.84 bits per heavy atom. The zero-order valence-electron chi connectivity index (χ0n) is 15.4. The van der Waals surface area contributed by atoms with Gasteiger partial charge < -0.3 is 10.2 Å². The van der Waals surface area contributed by atoms with E-state index in [-0.39, 0.29) is 11.2 Å². The number of ketones is 2. The fourth-order valence-electron chi connectivity index (χ4n) is 7.16. The highest BCUT2D eigenvalue weighted by atomic mass is 16.3. The molecule has 0 radical (unpaired) electrons. The Hall–Kier alpha value is -1.00. The summed E-state index contributed by atoms with van der Waals surface area (Å²) in [4.78, 5) is 24.2. The van der Waals surface area contributed by atoms with Crippen LogP contribution in [-0.2, 0) is 9.59 Å². The van der Waals surface area contributed by atoms with Crippen LogP contribution in [0.25, 0.3) is 0 Å². The van der Waals surface area contributed by atoms with Crippen molar-refractivity contribution in [3.8, 4) is 0 Å². The summed E-state index contributed by atoms with van der Waals surface area (Å²) in [6.07, 6.45) is 8.72. The van der Waals surface area contributed by atoms with Crippen molar-refractivity contribution in [2.75, 3.05) is 6.61 Å². The second-order valence-corrected chi connectivity index (χ2v) is 9.41. The fraction of sp³-hybridized carbons (Fsp3) is 0.810. The molecular formula is C21H30O4. The lowest BCUT2D eigenvalue weighted by atomic mass is 9.46. The molecule has 0 spiro atoms. The molecule has 3 saturated carbocycles. The van der Waals surface area contributed by atoms with Crippen LogP contribution in [0.4, 0.5) is 0 Å². The van der Waals surface area contributed by atoms with Gasteiger partial charge in [0.05, 0.1) is 0 Å². The third-order valence-electron chi connectivity index (χ3n) is 8.72. The van der Waals surface area contributed by atoms with Crippen LogP contribution in [-0.4, -0.2) is 34.0 Å². The molecule has 138 valence electrons. The zero-order chi connectivity index (χ0) is 18.0. The van der Waals surface area contributed by atoms with Gasteiger partial charge >= 0.3 is 0 Å². The molecule has 2 N–H and O–H groups in total. The van der Waals surface area contributed by atoms with Crippen molar-refractivity contribution in [2.24, 2.45) is 28.6 Å². The number of carbonyl (C=O) groups excluding carboxylic acids is 2. The third kappa shape index (κ3) is 2.13. The minimum Gasteiger partial charge on any atom is -0.388 e. The van der Waals surface area contributed by atoms with Crippen LogP contribution in [0.5, 0.6) is 0 Å². The van der Waals surface area contributed by atoms with Crippen molar-refractivity contribution < 1.29 is 19.8 Å². The van der Waals surface area contributed by atoms with Crippen molar-refractivity contribution in [1.29, 1.82) is 0 Å². The van der Waals surface area contributed by atoms with Gasteiger partial charge in [0.1, 0.15) is 12.2 Å². The highest BCUT2D eigenvalue weighted by Crippen LogP contribution is 2.67. The van der Waals surface area contributed by atoms with Crippen LogP contribution in [0.1, 0.15) is 65.2 Å². The van der Waals surface area contributed by atoms with Crippen molar-refractivity contribution >= 4 is 11.6 Å². The van der Waals surface area contributed by atoms with Crippen LogP contribution < -0.4 is 0 Å². The lowest BCUT2D eigenvalue weighted by molar-refractivity contribution is -0.164. The molecule has 0 heterocycles. The van der Waals surface area contributed by atoms with E-state index in [1.165, 1.54) is 5.57 Å². The minimum absolute atomic E-state index is 0.111. The van der Waals surface area contributed by atoms with Gasteiger partial charge in [0.2, 0.25) is 0 Å². The molecule has 1 unspecified atom stereocenters. The van der Waals surface area contributed by atoms with E-state index in [9.17, 15) is 19.8 Å². The number of aliphatic hydroxyl groups excluding tert-OH is 1. The van der Waals surface area contributed by atoms with Gasteiger partial charge in [-0.15, -0.1) is 0 Å². The summed E-state index contributed by atoms with van der Waals surface area (Å²) in [7, 11) is 0. The molecule has 0 bridgehead atoms. The summed E-state index contributed by atoms with van der Waals surface area (Å²) in [5.74, 6) is 1.26. The van der Waals surface area contributed by atoms with Crippen LogP contribution in [0.15, 0.2) is 11.6 Å². The van der Waals surface area contributed by atoms with Crippen molar-refractivity contribution in [3.63, 3.8) is 0 Å². The monoisotopic (exact) mass is 346 g/mol. The number of aliphatic hydroxyl groups is 2. The van der Waals surface area contributed by atoms with E-state index in [0.29, 0.717) is 30.6 Å². The average Bonchev–Trinajstić information content (AvgIpc) is 2.87. The molecule has 4 rings (SSSR count). The Balaban J connectivity index is 1.68. The van der Waals surface area contributed by atoms with Gasteiger partial charge in [-0.3, -0.25) is 9.59 Å². The molecule has 0 aromatic carbocycles. The number of carbonyl (C=O) groups is 2. The average molecular weight is 346 g/mol. The number of allylic oxidation sites excluding steroid dienone is 1. The van der Waals surface area contributed by atoms with Gasteiger partial charge in [-0.1, -0.05) is 19.4 Å². The summed E-state index contributed by atoms with van der Waals surface area (Å²) >= 11 is 0. The Labute approximate surface area is 149 Å². The van der Waals surface area contributed by atoms with Crippen LogP contribution in [0, 0.1) is 28.6 Å². The van der Waals surface area contributed by atoms with Gasteiger partial charge in [0.25, 0.3) is 0 Å². The Morgan fingerprint density at radius 1 is 1.12 bits per heavy atom. The molecular weight excluding hydrogens is 316 g/mol. The maximum Gasteiger partial charge on any atom is 0.190 e. The zero-order valence-corrected chi connectivity index (χ0v) is 15.4. The molecule has 0 aromatic rings. The molecule has 4 aliphatic carbocycles. The molecule has 25 heavy (non-hydrogen) atoms. The largest absolute Gasteiger partial charge is 0.388 e. The molecule has 4 aliphatic rings.